The molecule has 0 aromatic heterocycles. The van der Waals surface area contributed by atoms with Crippen LogP contribution in [0.1, 0.15) is 33.2 Å². The molecule has 0 spiro atoms. The van der Waals surface area contributed by atoms with E-state index >= 15 is 0 Å². The predicted molar refractivity (Wildman–Crippen MR) is 145 cm³/mol. The second kappa shape index (κ2) is 11.7. The van der Waals surface area contributed by atoms with Crippen LogP contribution in [0, 0.1) is 0 Å². The number of carbonyl (C=O) groups is 3. The van der Waals surface area contributed by atoms with Gasteiger partial charge in [-0.05, 0) is 61.0 Å². The number of nitrogens with zero attached hydrogens (tertiary/aromatic N) is 1. The second-order valence-electron chi connectivity index (χ2n) is 8.61. The summed E-state index contributed by atoms with van der Waals surface area (Å²) in [6.45, 7) is 1.44. The third-order valence-corrected chi connectivity index (χ3v) is 7.74. The van der Waals surface area contributed by atoms with Crippen molar-refractivity contribution in [2.45, 2.75) is 24.3 Å². The van der Waals surface area contributed by atoms with E-state index in [-0.39, 0.29) is 22.7 Å². The van der Waals surface area contributed by atoms with E-state index < -0.39 is 27.9 Å². The fraction of sp³-hybridized carbons (Fsp3) is 0.100. The molecule has 4 rings (SSSR count). The van der Waals surface area contributed by atoms with E-state index in [0.717, 1.165) is 0 Å². The third-order valence-electron chi connectivity index (χ3n) is 5.94. The van der Waals surface area contributed by atoms with Crippen LogP contribution in [0.15, 0.2) is 120 Å². The van der Waals surface area contributed by atoms with Crippen molar-refractivity contribution in [3.8, 4) is 0 Å². The van der Waals surface area contributed by atoms with Crippen molar-refractivity contribution < 1.29 is 22.8 Å². The van der Waals surface area contributed by atoms with E-state index in [1.807, 2.05) is 6.07 Å². The average molecular weight is 527 g/mol. The summed E-state index contributed by atoms with van der Waals surface area (Å²) in [6.07, 6.45) is -0.0527. The van der Waals surface area contributed by atoms with Gasteiger partial charge >= 0.3 is 0 Å². The Hall–Kier alpha value is -4.56. The summed E-state index contributed by atoms with van der Waals surface area (Å²) >= 11 is 0. The summed E-state index contributed by atoms with van der Waals surface area (Å²) in [7, 11) is -4.44. The van der Waals surface area contributed by atoms with E-state index in [1.54, 1.807) is 84.9 Å². The lowest BCUT2D eigenvalue weighted by Crippen LogP contribution is -2.51. The molecule has 8 heteroatoms. The van der Waals surface area contributed by atoms with Gasteiger partial charge in [0.1, 0.15) is 6.04 Å². The van der Waals surface area contributed by atoms with Gasteiger partial charge in [0.05, 0.1) is 4.90 Å². The minimum absolute atomic E-state index is 0.0527. The predicted octanol–water partition coefficient (Wildman–Crippen LogP) is 4.97. The maximum Gasteiger partial charge on any atom is 0.268 e. The molecule has 4 aromatic rings. The monoisotopic (exact) mass is 526 g/mol. The minimum atomic E-state index is -4.44. The molecule has 1 atom stereocenters. The Balaban J connectivity index is 1.81. The van der Waals surface area contributed by atoms with Crippen LogP contribution in [-0.4, -0.2) is 36.4 Å². The molecule has 0 saturated heterocycles. The lowest BCUT2D eigenvalue weighted by molar-refractivity contribution is -0.119. The van der Waals surface area contributed by atoms with Gasteiger partial charge in [-0.25, -0.2) is 12.7 Å². The summed E-state index contributed by atoms with van der Waals surface area (Å²) in [4.78, 5) is 39.1. The molecule has 0 aliphatic heterocycles. The topological polar surface area (TPSA) is 101 Å². The molecule has 0 saturated carbocycles. The summed E-state index contributed by atoms with van der Waals surface area (Å²) in [6, 6.07) is 29.3. The van der Waals surface area contributed by atoms with E-state index in [9.17, 15) is 22.8 Å². The fourth-order valence-electron chi connectivity index (χ4n) is 3.97. The molecule has 192 valence electrons. The standard InChI is InChI=1S/C30H26N2O5S/c1-22(33)24-17-19-26(20-18-24)31-29(34)28(21-23-11-5-2-6-12-23)32(30(35)25-13-7-3-8-14-25)38(36,37)27-15-9-4-10-16-27/h2-20,28H,21H2,1H3,(H,31,34). The number of rotatable bonds is 9. The second-order valence-corrected chi connectivity index (χ2v) is 10.4. The first-order chi connectivity index (χ1) is 18.3. The number of sulfonamides is 1. The van der Waals surface area contributed by atoms with Gasteiger partial charge in [-0.3, -0.25) is 14.4 Å². The molecule has 0 bridgehead atoms. The first-order valence-corrected chi connectivity index (χ1v) is 13.4. The SMILES string of the molecule is CC(=O)c1ccc(NC(=O)C(Cc2ccccc2)N(C(=O)c2ccccc2)S(=O)(=O)c2ccccc2)cc1. The van der Waals surface area contributed by atoms with Gasteiger partial charge in [-0.15, -0.1) is 0 Å². The number of Topliss-reactive ketones (excluding diaryl/α,β-unsaturated/α-hetero) is 1. The number of ketones is 1. The Labute approximate surface area is 221 Å². The van der Waals surface area contributed by atoms with Crippen LogP contribution in [-0.2, 0) is 21.2 Å². The van der Waals surface area contributed by atoms with Crippen LogP contribution in [0.5, 0.6) is 0 Å². The number of nitrogens with one attached hydrogen (secondary N) is 1. The van der Waals surface area contributed by atoms with E-state index in [0.29, 0.717) is 21.1 Å². The lowest BCUT2D eigenvalue weighted by atomic mass is 10.0. The van der Waals surface area contributed by atoms with Crippen molar-refractivity contribution in [3.05, 3.63) is 132 Å². The molecule has 1 N–H and O–H groups in total. The Morgan fingerprint density at radius 2 is 1.24 bits per heavy atom. The van der Waals surface area contributed by atoms with Crippen molar-refractivity contribution in [1.29, 1.82) is 0 Å². The van der Waals surface area contributed by atoms with Gasteiger partial charge in [0.15, 0.2) is 5.78 Å². The first kappa shape index (κ1) is 26.5. The number of hydrogen-bond donors (Lipinski definition) is 1. The molecule has 1 unspecified atom stereocenters. The van der Waals surface area contributed by atoms with Crippen molar-refractivity contribution in [3.63, 3.8) is 0 Å². The molecule has 2 amide bonds. The zero-order valence-electron chi connectivity index (χ0n) is 20.7. The molecule has 38 heavy (non-hydrogen) atoms. The Morgan fingerprint density at radius 3 is 1.79 bits per heavy atom. The highest BCUT2D eigenvalue weighted by atomic mass is 32.2. The van der Waals surface area contributed by atoms with E-state index in [2.05, 4.69) is 5.32 Å². The molecule has 0 aliphatic rings. The van der Waals surface area contributed by atoms with Crippen LogP contribution in [0.25, 0.3) is 0 Å². The number of amides is 2. The third kappa shape index (κ3) is 6.04. The van der Waals surface area contributed by atoms with Gasteiger partial charge in [-0.1, -0.05) is 66.7 Å². The molecule has 0 fully saturated rings. The van der Waals surface area contributed by atoms with E-state index in [1.165, 1.54) is 31.2 Å². The highest BCUT2D eigenvalue weighted by molar-refractivity contribution is 7.89. The number of benzene rings is 4. The van der Waals surface area contributed by atoms with Crippen LogP contribution >= 0.6 is 0 Å². The summed E-state index contributed by atoms with van der Waals surface area (Å²) in [5.74, 6) is -1.64. The summed E-state index contributed by atoms with van der Waals surface area (Å²) in [5, 5.41) is 2.73. The van der Waals surface area contributed by atoms with Crippen molar-refractivity contribution >= 4 is 33.3 Å². The molecule has 0 heterocycles. The quantitative estimate of drug-likeness (QED) is 0.310. The van der Waals surface area contributed by atoms with Gasteiger partial charge in [0.25, 0.3) is 15.9 Å². The lowest BCUT2D eigenvalue weighted by Gasteiger charge is -2.30. The van der Waals surface area contributed by atoms with Crippen molar-refractivity contribution in [1.82, 2.24) is 4.31 Å². The maximum absolute atomic E-state index is 13.9. The summed E-state index contributed by atoms with van der Waals surface area (Å²) < 4.78 is 28.6. The maximum atomic E-state index is 13.9. The number of anilines is 1. The average Bonchev–Trinajstić information content (AvgIpc) is 2.94. The smallest absolute Gasteiger partial charge is 0.268 e. The van der Waals surface area contributed by atoms with Crippen molar-refractivity contribution in [2.75, 3.05) is 5.32 Å². The zero-order chi connectivity index (χ0) is 27.1. The van der Waals surface area contributed by atoms with Gasteiger partial charge in [-0.2, -0.15) is 0 Å². The van der Waals surface area contributed by atoms with Crippen LogP contribution < -0.4 is 5.32 Å². The normalized spacial score (nSPS) is 11.8. The van der Waals surface area contributed by atoms with Crippen LogP contribution in [0.3, 0.4) is 0 Å². The first-order valence-electron chi connectivity index (χ1n) is 11.9. The van der Waals surface area contributed by atoms with Gasteiger partial charge in [0.2, 0.25) is 5.91 Å². The molecular formula is C30H26N2O5S. The Morgan fingerprint density at radius 1 is 0.711 bits per heavy atom. The molecule has 4 aromatic carbocycles. The molecule has 0 radical (unpaired) electrons. The molecular weight excluding hydrogens is 500 g/mol. The van der Waals surface area contributed by atoms with Crippen LogP contribution in [0.2, 0.25) is 0 Å². The zero-order valence-corrected chi connectivity index (χ0v) is 21.5. The number of hydrogen-bond acceptors (Lipinski definition) is 5. The van der Waals surface area contributed by atoms with E-state index in [4.69, 9.17) is 0 Å². The van der Waals surface area contributed by atoms with Crippen LogP contribution in [0.4, 0.5) is 5.69 Å². The highest BCUT2D eigenvalue weighted by Crippen LogP contribution is 2.25. The highest BCUT2D eigenvalue weighted by Gasteiger charge is 2.40. The molecule has 7 nitrogen and oxygen atoms in total. The van der Waals surface area contributed by atoms with Gasteiger partial charge < -0.3 is 5.32 Å². The molecule has 0 aliphatic carbocycles. The number of carbonyl (C=O) groups excluding carboxylic acids is 3. The summed E-state index contributed by atoms with van der Waals surface area (Å²) in [5.41, 5.74) is 1.64. The minimum Gasteiger partial charge on any atom is -0.324 e. The fourth-order valence-corrected chi connectivity index (χ4v) is 5.52. The Bertz CT molecular complexity index is 1520. The van der Waals surface area contributed by atoms with Crippen molar-refractivity contribution in [2.24, 2.45) is 0 Å². The van der Waals surface area contributed by atoms with Gasteiger partial charge in [0, 0.05) is 23.2 Å². The Kier molecular flexibility index (Phi) is 8.13. The largest absolute Gasteiger partial charge is 0.324 e.